The summed E-state index contributed by atoms with van der Waals surface area (Å²) in [5.74, 6) is 1.30. The van der Waals surface area contributed by atoms with Gasteiger partial charge >= 0.3 is 0 Å². The topological polar surface area (TPSA) is 61.9 Å². The molecule has 0 saturated carbocycles. The lowest BCUT2D eigenvalue weighted by Crippen LogP contribution is -2.57. The van der Waals surface area contributed by atoms with E-state index in [0.29, 0.717) is 25.0 Å². The van der Waals surface area contributed by atoms with Crippen LogP contribution in [0.5, 0.6) is 0 Å². The van der Waals surface area contributed by atoms with Gasteiger partial charge in [-0.05, 0) is 43.3 Å². The summed E-state index contributed by atoms with van der Waals surface area (Å²) in [5.41, 5.74) is 1.04. The highest BCUT2D eigenvalue weighted by Gasteiger charge is 2.38. The fourth-order valence-corrected chi connectivity index (χ4v) is 4.44. The van der Waals surface area contributed by atoms with Gasteiger partial charge in [0.25, 0.3) is 0 Å². The number of rotatable bonds is 3. The van der Waals surface area contributed by atoms with Crippen LogP contribution in [0, 0.1) is 11.8 Å². The first-order valence-electron chi connectivity index (χ1n) is 9.63. The maximum atomic E-state index is 13.2. The first-order valence-corrected chi connectivity index (χ1v) is 9.63. The summed E-state index contributed by atoms with van der Waals surface area (Å²) in [4.78, 5) is 29.3. The molecule has 3 atom stereocenters. The molecule has 3 saturated heterocycles. The number of hydrogen-bond donors (Lipinski definition) is 1. The summed E-state index contributed by atoms with van der Waals surface area (Å²) in [7, 11) is 0. The molecule has 3 heterocycles. The van der Waals surface area contributed by atoms with Crippen LogP contribution >= 0.6 is 0 Å². The number of morpholine rings is 1. The van der Waals surface area contributed by atoms with E-state index in [4.69, 9.17) is 4.74 Å². The Balaban J connectivity index is 1.46. The SMILES string of the molecule is O=C([C@H]1COCC(=O)N1Cc1ccccc1)N1CC[C@@H]2CNC[C@@H]2CC1. The van der Waals surface area contributed by atoms with Gasteiger partial charge in [0.1, 0.15) is 12.6 Å². The number of fused-ring (bicyclic) bond motifs is 1. The van der Waals surface area contributed by atoms with Crippen molar-refractivity contribution in [3.63, 3.8) is 0 Å². The Labute approximate surface area is 154 Å². The van der Waals surface area contributed by atoms with Crippen molar-refractivity contribution in [2.24, 2.45) is 11.8 Å². The van der Waals surface area contributed by atoms with E-state index in [2.05, 4.69) is 5.32 Å². The molecule has 4 rings (SSSR count). The second-order valence-electron chi connectivity index (χ2n) is 7.62. The number of amides is 2. The summed E-state index contributed by atoms with van der Waals surface area (Å²) >= 11 is 0. The molecule has 0 unspecified atom stereocenters. The Morgan fingerprint density at radius 1 is 1.12 bits per heavy atom. The van der Waals surface area contributed by atoms with E-state index < -0.39 is 6.04 Å². The van der Waals surface area contributed by atoms with E-state index in [-0.39, 0.29) is 18.4 Å². The predicted molar refractivity (Wildman–Crippen MR) is 97.3 cm³/mol. The van der Waals surface area contributed by atoms with Crippen molar-refractivity contribution >= 4 is 11.8 Å². The van der Waals surface area contributed by atoms with Crippen molar-refractivity contribution in [1.82, 2.24) is 15.1 Å². The summed E-state index contributed by atoms with van der Waals surface area (Å²) in [6, 6.07) is 9.34. The Kier molecular flexibility index (Phi) is 5.22. The molecule has 26 heavy (non-hydrogen) atoms. The van der Waals surface area contributed by atoms with Crippen LogP contribution in [0.3, 0.4) is 0 Å². The normalized spacial score (nSPS) is 29.4. The minimum absolute atomic E-state index is 0.0434. The fourth-order valence-electron chi connectivity index (χ4n) is 4.44. The zero-order chi connectivity index (χ0) is 17.9. The van der Waals surface area contributed by atoms with Gasteiger partial charge in [-0.25, -0.2) is 0 Å². The molecule has 3 aliphatic heterocycles. The Morgan fingerprint density at radius 2 is 1.81 bits per heavy atom. The Bertz CT molecular complexity index is 637. The molecule has 1 aromatic rings. The Hall–Kier alpha value is -1.92. The van der Waals surface area contributed by atoms with Gasteiger partial charge in [-0.3, -0.25) is 9.59 Å². The number of hydrogen-bond acceptors (Lipinski definition) is 4. The van der Waals surface area contributed by atoms with Crippen molar-refractivity contribution in [3.05, 3.63) is 35.9 Å². The number of nitrogens with one attached hydrogen (secondary N) is 1. The molecular formula is C20H27N3O3. The van der Waals surface area contributed by atoms with E-state index in [1.54, 1.807) is 4.90 Å². The van der Waals surface area contributed by atoms with Gasteiger partial charge in [0.15, 0.2) is 0 Å². The molecule has 0 spiro atoms. The highest BCUT2D eigenvalue weighted by atomic mass is 16.5. The van der Waals surface area contributed by atoms with Crippen LogP contribution in [0.25, 0.3) is 0 Å². The molecule has 6 nitrogen and oxygen atoms in total. The van der Waals surface area contributed by atoms with Gasteiger partial charge in [0.05, 0.1) is 6.61 Å². The second-order valence-corrected chi connectivity index (χ2v) is 7.62. The lowest BCUT2D eigenvalue weighted by atomic mass is 9.92. The maximum Gasteiger partial charge on any atom is 0.249 e. The number of ether oxygens (including phenoxy) is 1. The van der Waals surface area contributed by atoms with Crippen LogP contribution in [-0.4, -0.2) is 67.0 Å². The first kappa shape index (κ1) is 17.5. The quantitative estimate of drug-likeness (QED) is 0.872. The van der Waals surface area contributed by atoms with Crippen LogP contribution in [-0.2, 0) is 20.9 Å². The van der Waals surface area contributed by atoms with Crippen LogP contribution < -0.4 is 5.32 Å². The number of nitrogens with zero attached hydrogens (tertiary/aromatic N) is 2. The zero-order valence-corrected chi connectivity index (χ0v) is 15.1. The minimum Gasteiger partial charge on any atom is -0.369 e. The average Bonchev–Trinajstić information content (AvgIpc) is 3.02. The van der Waals surface area contributed by atoms with Gasteiger partial charge < -0.3 is 19.9 Å². The molecule has 1 N–H and O–H groups in total. The monoisotopic (exact) mass is 357 g/mol. The van der Waals surface area contributed by atoms with E-state index in [9.17, 15) is 9.59 Å². The largest absolute Gasteiger partial charge is 0.369 e. The van der Waals surface area contributed by atoms with Gasteiger partial charge in [0.2, 0.25) is 11.8 Å². The summed E-state index contributed by atoms with van der Waals surface area (Å²) < 4.78 is 5.43. The second kappa shape index (κ2) is 7.76. The van der Waals surface area contributed by atoms with E-state index in [1.165, 1.54) is 0 Å². The summed E-state index contributed by atoms with van der Waals surface area (Å²) in [6.45, 7) is 4.52. The molecule has 0 aliphatic carbocycles. The van der Waals surface area contributed by atoms with Crippen LogP contribution in [0.4, 0.5) is 0 Å². The van der Waals surface area contributed by atoms with Gasteiger partial charge in [0, 0.05) is 19.6 Å². The highest BCUT2D eigenvalue weighted by molar-refractivity contribution is 5.89. The average molecular weight is 357 g/mol. The smallest absolute Gasteiger partial charge is 0.249 e. The van der Waals surface area contributed by atoms with E-state index in [0.717, 1.165) is 44.6 Å². The molecular weight excluding hydrogens is 330 g/mol. The van der Waals surface area contributed by atoms with Gasteiger partial charge in [-0.15, -0.1) is 0 Å². The number of carbonyl (C=O) groups excluding carboxylic acids is 2. The lowest BCUT2D eigenvalue weighted by molar-refractivity contribution is -0.160. The standard InChI is InChI=1S/C20H27N3O3/c24-19-14-26-13-18(23(19)12-15-4-2-1-3-5-15)20(25)22-8-6-16-10-21-11-17(16)7-9-22/h1-5,16-18,21H,6-14H2/t16-,17+,18-/m1/s1. The predicted octanol–water partition coefficient (Wildman–Crippen LogP) is 0.872. The Morgan fingerprint density at radius 3 is 2.50 bits per heavy atom. The summed E-state index contributed by atoms with van der Waals surface area (Å²) in [5, 5.41) is 3.46. The number of carbonyl (C=O) groups is 2. The van der Waals surface area contributed by atoms with Crippen LogP contribution in [0.15, 0.2) is 30.3 Å². The van der Waals surface area contributed by atoms with Crippen LogP contribution in [0.2, 0.25) is 0 Å². The van der Waals surface area contributed by atoms with Crippen molar-refractivity contribution in [2.45, 2.75) is 25.4 Å². The molecule has 0 aromatic heterocycles. The lowest BCUT2D eigenvalue weighted by Gasteiger charge is -2.37. The third-order valence-electron chi connectivity index (χ3n) is 6.01. The van der Waals surface area contributed by atoms with Crippen molar-refractivity contribution < 1.29 is 14.3 Å². The molecule has 0 bridgehead atoms. The maximum absolute atomic E-state index is 13.2. The third kappa shape index (κ3) is 3.62. The fraction of sp³-hybridized carbons (Fsp3) is 0.600. The molecule has 6 heteroatoms. The van der Waals surface area contributed by atoms with Crippen molar-refractivity contribution in [3.8, 4) is 0 Å². The van der Waals surface area contributed by atoms with Crippen molar-refractivity contribution in [1.29, 1.82) is 0 Å². The van der Waals surface area contributed by atoms with Crippen molar-refractivity contribution in [2.75, 3.05) is 39.4 Å². The molecule has 0 radical (unpaired) electrons. The molecule has 1 aromatic carbocycles. The minimum atomic E-state index is -0.507. The highest BCUT2D eigenvalue weighted by Crippen LogP contribution is 2.28. The number of likely N-dealkylation sites (tertiary alicyclic amines) is 1. The van der Waals surface area contributed by atoms with E-state index >= 15 is 0 Å². The third-order valence-corrected chi connectivity index (χ3v) is 6.01. The van der Waals surface area contributed by atoms with Gasteiger partial charge in [-0.2, -0.15) is 0 Å². The van der Waals surface area contributed by atoms with E-state index in [1.807, 2.05) is 35.2 Å². The molecule has 3 fully saturated rings. The van der Waals surface area contributed by atoms with Gasteiger partial charge in [-0.1, -0.05) is 30.3 Å². The zero-order valence-electron chi connectivity index (χ0n) is 15.1. The molecule has 3 aliphatic rings. The molecule has 2 amide bonds. The number of benzene rings is 1. The summed E-state index contributed by atoms with van der Waals surface area (Å²) in [6.07, 6.45) is 2.09. The van der Waals surface area contributed by atoms with Crippen LogP contribution in [0.1, 0.15) is 18.4 Å². The first-order chi connectivity index (χ1) is 12.7. The molecule has 140 valence electrons.